The second-order valence-corrected chi connectivity index (χ2v) is 7.34. The zero-order valence-corrected chi connectivity index (χ0v) is 15.5. The number of rotatable bonds is 10. The maximum atomic E-state index is 12.0. The van der Waals surface area contributed by atoms with Crippen molar-refractivity contribution in [2.45, 2.75) is 59.6 Å². The van der Waals surface area contributed by atoms with E-state index in [0.717, 1.165) is 0 Å². The van der Waals surface area contributed by atoms with Crippen LogP contribution in [0.1, 0.15) is 47.5 Å². The van der Waals surface area contributed by atoms with Crippen molar-refractivity contribution in [3.8, 4) is 0 Å². The number of ketones is 1. The molecule has 2 atom stereocenters. The third-order valence-electron chi connectivity index (χ3n) is 2.98. The van der Waals surface area contributed by atoms with Crippen molar-refractivity contribution in [3.05, 3.63) is 0 Å². The van der Waals surface area contributed by atoms with E-state index in [1.54, 1.807) is 13.8 Å². The Balaban J connectivity index is 4.39. The van der Waals surface area contributed by atoms with Crippen LogP contribution in [0.25, 0.3) is 0 Å². The van der Waals surface area contributed by atoms with E-state index in [-0.39, 0.29) is 37.2 Å². The van der Waals surface area contributed by atoms with E-state index in [2.05, 4.69) is 0 Å². The van der Waals surface area contributed by atoms with Gasteiger partial charge in [0.1, 0.15) is 12.7 Å². The Bertz CT molecular complexity index is 406. The molecule has 7 heteroatoms. The van der Waals surface area contributed by atoms with Crippen LogP contribution in [0, 0.1) is 5.41 Å². The molecular formula is C16H29NO5S. The minimum atomic E-state index is -0.569. The van der Waals surface area contributed by atoms with Gasteiger partial charge >= 0.3 is 11.9 Å². The molecule has 2 unspecified atom stereocenters. The Morgan fingerprint density at radius 3 is 2.09 bits per heavy atom. The molecule has 0 saturated carbocycles. The highest BCUT2D eigenvalue weighted by molar-refractivity contribution is 7.99. The molecule has 0 aromatic carbocycles. The predicted molar refractivity (Wildman–Crippen MR) is 91.2 cm³/mol. The summed E-state index contributed by atoms with van der Waals surface area (Å²) in [5.74, 6) is 0.154. The molecule has 0 aliphatic rings. The zero-order valence-electron chi connectivity index (χ0n) is 14.7. The molecule has 0 aliphatic heterocycles. The first-order valence-corrected chi connectivity index (χ1v) is 9.00. The molecule has 0 aliphatic carbocycles. The first kappa shape index (κ1) is 21.9. The van der Waals surface area contributed by atoms with Crippen molar-refractivity contribution in [2.75, 3.05) is 18.1 Å². The summed E-state index contributed by atoms with van der Waals surface area (Å²) in [5.41, 5.74) is 5.42. The van der Waals surface area contributed by atoms with Gasteiger partial charge in [-0.05, 0) is 0 Å². The average molecular weight is 347 g/mol. The Hall–Kier alpha value is -1.08. The van der Waals surface area contributed by atoms with Gasteiger partial charge in [-0.2, -0.15) is 11.8 Å². The highest BCUT2D eigenvalue weighted by Gasteiger charge is 2.27. The molecule has 0 amide bonds. The summed E-state index contributed by atoms with van der Waals surface area (Å²) in [6.07, 6.45) is -0.00262. The molecule has 0 heterocycles. The first-order valence-electron chi connectivity index (χ1n) is 7.84. The molecule has 0 fully saturated rings. The number of carbonyl (C=O) groups excluding carboxylic acids is 3. The lowest BCUT2D eigenvalue weighted by molar-refractivity contribution is -0.157. The second-order valence-electron chi connectivity index (χ2n) is 6.26. The van der Waals surface area contributed by atoms with Crippen molar-refractivity contribution in [1.82, 2.24) is 0 Å². The maximum Gasteiger partial charge on any atom is 0.305 e. The van der Waals surface area contributed by atoms with E-state index < -0.39 is 17.6 Å². The lowest BCUT2D eigenvalue weighted by atomic mass is 9.87. The molecule has 0 spiro atoms. The molecule has 0 bridgehead atoms. The largest absolute Gasteiger partial charge is 0.462 e. The number of thioether (sulfide) groups is 1. The highest BCUT2D eigenvalue weighted by Crippen LogP contribution is 2.18. The smallest absolute Gasteiger partial charge is 0.305 e. The predicted octanol–water partition coefficient (Wildman–Crippen LogP) is 1.94. The quantitative estimate of drug-likeness (QED) is 0.603. The van der Waals surface area contributed by atoms with Crippen molar-refractivity contribution >= 4 is 29.5 Å². The minimum Gasteiger partial charge on any atom is -0.462 e. The van der Waals surface area contributed by atoms with Crippen LogP contribution < -0.4 is 5.73 Å². The number of Topliss-reactive ketones (excluding diaryl/α,β-unsaturated/α-hetero) is 1. The van der Waals surface area contributed by atoms with Gasteiger partial charge in [-0.3, -0.25) is 14.4 Å². The normalized spacial score (nSPS) is 14.0. The molecule has 134 valence electrons. The lowest BCUT2D eigenvalue weighted by Gasteiger charge is -2.22. The van der Waals surface area contributed by atoms with Crippen LogP contribution in [0.3, 0.4) is 0 Å². The molecule has 6 nitrogen and oxygen atoms in total. The fraction of sp³-hybridized carbons (Fsp3) is 0.812. The van der Waals surface area contributed by atoms with Gasteiger partial charge in [0.05, 0.1) is 6.04 Å². The monoisotopic (exact) mass is 347 g/mol. The van der Waals surface area contributed by atoms with Crippen LogP contribution >= 0.6 is 11.8 Å². The van der Waals surface area contributed by atoms with Gasteiger partial charge in [0.25, 0.3) is 0 Å². The number of hydrogen-bond acceptors (Lipinski definition) is 7. The van der Waals surface area contributed by atoms with Crippen LogP contribution in [-0.4, -0.2) is 48.0 Å². The molecule has 0 saturated heterocycles. The lowest BCUT2D eigenvalue weighted by Crippen LogP contribution is -2.41. The van der Waals surface area contributed by atoms with Gasteiger partial charge in [0, 0.05) is 29.8 Å². The zero-order chi connectivity index (χ0) is 18.0. The summed E-state index contributed by atoms with van der Waals surface area (Å²) in [4.78, 5) is 34.7. The molecule has 0 radical (unpaired) electrons. The van der Waals surface area contributed by atoms with Crippen molar-refractivity contribution in [3.63, 3.8) is 0 Å². The summed E-state index contributed by atoms with van der Waals surface area (Å²) < 4.78 is 10.3. The topological polar surface area (TPSA) is 95.7 Å². The first-order chi connectivity index (χ1) is 10.6. The molecule has 0 aromatic heterocycles. The summed E-state index contributed by atoms with van der Waals surface area (Å²) in [6, 6.07) is -0.569. The van der Waals surface area contributed by atoms with Gasteiger partial charge in [-0.25, -0.2) is 0 Å². The number of ether oxygens (including phenoxy) is 2. The average Bonchev–Trinajstić information content (AvgIpc) is 2.49. The standard InChI is InChI=1S/C16H29NO5S/c1-6-13(18)21-8-11(22-14(19)7-2)9-23-10-12(17)15(20)16(3,4)5/h11-12H,6-10,17H2,1-5H3. The maximum absolute atomic E-state index is 12.0. The van der Waals surface area contributed by atoms with E-state index in [9.17, 15) is 14.4 Å². The summed E-state index contributed by atoms with van der Waals surface area (Å²) in [6.45, 7) is 8.90. The molecule has 23 heavy (non-hydrogen) atoms. The Morgan fingerprint density at radius 2 is 1.61 bits per heavy atom. The van der Waals surface area contributed by atoms with Crippen molar-refractivity contribution < 1.29 is 23.9 Å². The van der Waals surface area contributed by atoms with E-state index >= 15 is 0 Å². The third-order valence-corrected chi connectivity index (χ3v) is 4.19. The third kappa shape index (κ3) is 9.61. The van der Waals surface area contributed by atoms with E-state index in [0.29, 0.717) is 11.5 Å². The van der Waals surface area contributed by atoms with E-state index in [1.807, 2.05) is 20.8 Å². The van der Waals surface area contributed by atoms with Gasteiger partial charge in [-0.1, -0.05) is 34.6 Å². The van der Waals surface area contributed by atoms with Crippen LogP contribution in [0.15, 0.2) is 0 Å². The Labute approximate surface area is 142 Å². The van der Waals surface area contributed by atoms with Crippen LogP contribution in [0.4, 0.5) is 0 Å². The van der Waals surface area contributed by atoms with Gasteiger partial charge in [-0.15, -0.1) is 0 Å². The van der Waals surface area contributed by atoms with Gasteiger partial charge < -0.3 is 15.2 Å². The van der Waals surface area contributed by atoms with Crippen LogP contribution in [0.5, 0.6) is 0 Å². The van der Waals surface area contributed by atoms with E-state index in [1.165, 1.54) is 11.8 Å². The second kappa shape index (κ2) is 10.6. The Kier molecular flexibility index (Phi) is 10.1. The number of esters is 2. The summed E-state index contributed by atoms with van der Waals surface area (Å²) in [5, 5.41) is 0. The Morgan fingerprint density at radius 1 is 1.04 bits per heavy atom. The van der Waals surface area contributed by atoms with Gasteiger partial charge in [0.15, 0.2) is 5.78 Å². The van der Waals surface area contributed by atoms with Crippen LogP contribution in [0.2, 0.25) is 0 Å². The molecule has 2 N–H and O–H groups in total. The van der Waals surface area contributed by atoms with Crippen molar-refractivity contribution in [2.24, 2.45) is 11.1 Å². The summed E-state index contributed by atoms with van der Waals surface area (Å²) in [7, 11) is 0. The molecular weight excluding hydrogens is 318 g/mol. The highest BCUT2D eigenvalue weighted by atomic mass is 32.2. The fourth-order valence-corrected chi connectivity index (χ4v) is 2.60. The van der Waals surface area contributed by atoms with Crippen LogP contribution in [-0.2, 0) is 23.9 Å². The number of nitrogens with two attached hydrogens (primary N) is 1. The molecule has 0 aromatic rings. The van der Waals surface area contributed by atoms with E-state index in [4.69, 9.17) is 15.2 Å². The number of carbonyl (C=O) groups is 3. The summed E-state index contributed by atoms with van der Waals surface area (Å²) >= 11 is 1.41. The van der Waals surface area contributed by atoms with Gasteiger partial charge in [0.2, 0.25) is 0 Å². The SMILES string of the molecule is CCC(=O)OCC(CSCC(N)C(=O)C(C)(C)C)OC(=O)CC. The number of hydrogen-bond donors (Lipinski definition) is 1. The molecule has 0 rings (SSSR count). The minimum absolute atomic E-state index is 0.00971. The fourth-order valence-electron chi connectivity index (χ4n) is 1.63. The van der Waals surface area contributed by atoms with Crippen molar-refractivity contribution in [1.29, 1.82) is 0 Å².